The Hall–Kier alpha value is -2.11. The van der Waals surface area contributed by atoms with Crippen molar-refractivity contribution in [1.29, 1.82) is 0 Å². The molecular formula is C11H12N4O2. The largest absolute Gasteiger partial charge is 0.477 e. The van der Waals surface area contributed by atoms with Crippen molar-refractivity contribution in [1.82, 2.24) is 14.6 Å². The van der Waals surface area contributed by atoms with Crippen LogP contribution in [-0.4, -0.2) is 38.8 Å². The molecule has 6 nitrogen and oxygen atoms in total. The van der Waals surface area contributed by atoms with Crippen molar-refractivity contribution in [2.24, 2.45) is 0 Å². The highest BCUT2D eigenvalue weighted by molar-refractivity contribution is 5.94. The highest BCUT2D eigenvalue weighted by Gasteiger charge is 2.19. The van der Waals surface area contributed by atoms with Gasteiger partial charge in [0.2, 0.25) is 0 Å². The normalized spacial score (nSPS) is 15.6. The van der Waals surface area contributed by atoms with E-state index in [0.29, 0.717) is 5.65 Å². The number of carboxylic acids is 1. The Balaban J connectivity index is 2.16. The van der Waals surface area contributed by atoms with Crippen LogP contribution in [-0.2, 0) is 0 Å². The molecule has 0 saturated carbocycles. The summed E-state index contributed by atoms with van der Waals surface area (Å²) >= 11 is 0. The Morgan fingerprint density at radius 3 is 2.82 bits per heavy atom. The molecule has 0 aliphatic carbocycles. The summed E-state index contributed by atoms with van der Waals surface area (Å²) in [6.45, 7) is 1.97. The van der Waals surface area contributed by atoms with E-state index >= 15 is 0 Å². The second-order valence-electron chi connectivity index (χ2n) is 4.10. The quantitative estimate of drug-likeness (QED) is 0.837. The fourth-order valence-corrected chi connectivity index (χ4v) is 2.22. The summed E-state index contributed by atoms with van der Waals surface area (Å²) in [6, 6.07) is 1.87. The zero-order chi connectivity index (χ0) is 11.8. The van der Waals surface area contributed by atoms with Gasteiger partial charge in [0.05, 0.1) is 6.20 Å². The molecule has 3 heterocycles. The van der Waals surface area contributed by atoms with E-state index in [-0.39, 0.29) is 5.56 Å². The number of carboxylic acid groups (broad SMARTS) is 1. The monoisotopic (exact) mass is 232 g/mol. The van der Waals surface area contributed by atoms with Crippen molar-refractivity contribution in [2.45, 2.75) is 12.8 Å². The van der Waals surface area contributed by atoms with Crippen molar-refractivity contribution < 1.29 is 9.90 Å². The van der Waals surface area contributed by atoms with Crippen molar-refractivity contribution in [3.63, 3.8) is 0 Å². The number of carbonyl (C=O) groups is 1. The van der Waals surface area contributed by atoms with Crippen LogP contribution in [0.2, 0.25) is 0 Å². The Bertz CT molecular complexity index is 572. The zero-order valence-electron chi connectivity index (χ0n) is 9.20. The molecule has 0 bridgehead atoms. The van der Waals surface area contributed by atoms with Crippen molar-refractivity contribution >= 4 is 17.4 Å². The van der Waals surface area contributed by atoms with Gasteiger partial charge in [-0.25, -0.2) is 9.78 Å². The lowest BCUT2D eigenvalue weighted by atomic mass is 10.3. The minimum absolute atomic E-state index is 0.144. The average molecular weight is 232 g/mol. The third kappa shape index (κ3) is 1.52. The maximum Gasteiger partial charge on any atom is 0.341 e. The van der Waals surface area contributed by atoms with E-state index in [9.17, 15) is 4.79 Å². The van der Waals surface area contributed by atoms with Gasteiger partial charge >= 0.3 is 5.97 Å². The molecule has 1 aliphatic rings. The highest BCUT2D eigenvalue weighted by atomic mass is 16.4. The lowest BCUT2D eigenvalue weighted by molar-refractivity contribution is 0.0699. The maximum absolute atomic E-state index is 11.0. The predicted molar refractivity (Wildman–Crippen MR) is 61.4 cm³/mol. The van der Waals surface area contributed by atoms with Crippen molar-refractivity contribution in [2.75, 3.05) is 18.0 Å². The summed E-state index contributed by atoms with van der Waals surface area (Å²) in [5.74, 6) is -0.0777. The third-order valence-electron chi connectivity index (χ3n) is 3.04. The minimum Gasteiger partial charge on any atom is -0.477 e. The van der Waals surface area contributed by atoms with Gasteiger partial charge in [-0.05, 0) is 18.9 Å². The molecule has 6 heteroatoms. The molecule has 0 spiro atoms. The Labute approximate surface area is 97.5 Å². The molecule has 1 N–H and O–H groups in total. The minimum atomic E-state index is -0.994. The van der Waals surface area contributed by atoms with Gasteiger partial charge in [0.15, 0.2) is 5.65 Å². The Morgan fingerprint density at radius 2 is 2.12 bits per heavy atom. The first-order valence-corrected chi connectivity index (χ1v) is 5.58. The molecule has 2 aromatic heterocycles. The summed E-state index contributed by atoms with van der Waals surface area (Å²) in [4.78, 5) is 17.3. The van der Waals surface area contributed by atoms with Crippen LogP contribution in [0.15, 0.2) is 18.5 Å². The summed E-state index contributed by atoms with van der Waals surface area (Å²) in [5.41, 5.74) is 0.549. The van der Waals surface area contributed by atoms with Gasteiger partial charge in [-0.2, -0.15) is 9.61 Å². The zero-order valence-corrected chi connectivity index (χ0v) is 9.20. The SMILES string of the molecule is O=C(O)c1cnn2c(N3CCCC3)ccnc12. The Kier molecular flexibility index (Phi) is 2.21. The fourth-order valence-electron chi connectivity index (χ4n) is 2.22. The number of hydrogen-bond donors (Lipinski definition) is 1. The van der Waals surface area contributed by atoms with Crippen molar-refractivity contribution in [3.05, 3.63) is 24.0 Å². The lowest BCUT2D eigenvalue weighted by Gasteiger charge is -2.17. The summed E-state index contributed by atoms with van der Waals surface area (Å²) in [7, 11) is 0. The van der Waals surface area contributed by atoms with E-state index in [1.54, 1.807) is 10.7 Å². The number of rotatable bonds is 2. The van der Waals surface area contributed by atoms with Crippen LogP contribution >= 0.6 is 0 Å². The first kappa shape index (κ1) is 10.1. The topological polar surface area (TPSA) is 70.7 Å². The summed E-state index contributed by atoms with van der Waals surface area (Å²) < 4.78 is 1.61. The molecule has 0 radical (unpaired) electrons. The second-order valence-corrected chi connectivity index (χ2v) is 4.10. The standard InChI is InChI=1S/C11H12N4O2/c16-11(17)8-7-13-15-9(3-4-12-10(8)15)14-5-1-2-6-14/h3-4,7H,1-2,5-6H2,(H,16,17). The molecule has 0 atom stereocenters. The third-order valence-corrected chi connectivity index (χ3v) is 3.04. The molecule has 0 unspecified atom stereocenters. The molecule has 17 heavy (non-hydrogen) atoms. The molecule has 3 rings (SSSR count). The van der Waals surface area contributed by atoms with E-state index in [4.69, 9.17) is 5.11 Å². The number of aromatic nitrogens is 3. The van der Waals surface area contributed by atoms with Gasteiger partial charge in [-0.15, -0.1) is 0 Å². The van der Waals surface area contributed by atoms with Gasteiger partial charge < -0.3 is 10.0 Å². The fraction of sp³-hybridized carbons (Fsp3) is 0.364. The van der Waals surface area contributed by atoms with Crippen LogP contribution in [0.1, 0.15) is 23.2 Å². The number of aromatic carboxylic acids is 1. The van der Waals surface area contributed by atoms with Gasteiger partial charge in [0.25, 0.3) is 0 Å². The second kappa shape index (κ2) is 3.73. The number of fused-ring (bicyclic) bond motifs is 1. The van der Waals surface area contributed by atoms with Crippen LogP contribution < -0.4 is 4.90 Å². The maximum atomic E-state index is 11.0. The lowest BCUT2D eigenvalue weighted by Crippen LogP contribution is -2.21. The van der Waals surface area contributed by atoms with Crippen LogP contribution in [0, 0.1) is 0 Å². The molecule has 0 aromatic carbocycles. The first-order chi connectivity index (χ1) is 8.27. The first-order valence-electron chi connectivity index (χ1n) is 5.58. The van der Waals surface area contributed by atoms with E-state index in [0.717, 1.165) is 31.7 Å². The molecule has 1 saturated heterocycles. The average Bonchev–Trinajstić information content (AvgIpc) is 2.97. The number of nitrogens with zero attached hydrogens (tertiary/aromatic N) is 4. The molecule has 88 valence electrons. The summed E-state index contributed by atoms with van der Waals surface area (Å²) in [5, 5.41) is 13.1. The molecule has 1 fully saturated rings. The van der Waals surface area contributed by atoms with E-state index < -0.39 is 5.97 Å². The molecule has 0 amide bonds. The van der Waals surface area contributed by atoms with E-state index in [1.165, 1.54) is 6.20 Å². The van der Waals surface area contributed by atoms with Crippen LogP contribution in [0.5, 0.6) is 0 Å². The summed E-state index contributed by atoms with van der Waals surface area (Å²) in [6.07, 6.45) is 5.31. The van der Waals surface area contributed by atoms with Crippen LogP contribution in [0.4, 0.5) is 5.82 Å². The molecular weight excluding hydrogens is 220 g/mol. The smallest absolute Gasteiger partial charge is 0.341 e. The van der Waals surface area contributed by atoms with E-state index in [1.807, 2.05) is 6.07 Å². The number of anilines is 1. The van der Waals surface area contributed by atoms with Gasteiger partial charge in [-0.1, -0.05) is 0 Å². The van der Waals surface area contributed by atoms with Gasteiger partial charge in [0.1, 0.15) is 11.4 Å². The van der Waals surface area contributed by atoms with Gasteiger partial charge in [-0.3, -0.25) is 0 Å². The molecule has 2 aromatic rings. The van der Waals surface area contributed by atoms with Gasteiger partial charge in [0, 0.05) is 19.3 Å². The van der Waals surface area contributed by atoms with Crippen LogP contribution in [0.25, 0.3) is 5.65 Å². The highest BCUT2D eigenvalue weighted by Crippen LogP contribution is 2.21. The van der Waals surface area contributed by atoms with Crippen molar-refractivity contribution in [3.8, 4) is 0 Å². The van der Waals surface area contributed by atoms with Crippen LogP contribution in [0.3, 0.4) is 0 Å². The number of hydrogen-bond acceptors (Lipinski definition) is 4. The molecule has 1 aliphatic heterocycles. The Morgan fingerprint density at radius 1 is 1.35 bits per heavy atom. The predicted octanol–water partition coefficient (Wildman–Crippen LogP) is 1.03. The van der Waals surface area contributed by atoms with E-state index in [2.05, 4.69) is 15.0 Å².